The van der Waals surface area contributed by atoms with Crippen LogP contribution < -0.4 is 5.32 Å². The fraction of sp³-hybridized carbons (Fsp3) is 0.643. The highest BCUT2D eigenvalue weighted by atomic mass is 16.5. The highest BCUT2D eigenvalue weighted by Crippen LogP contribution is 2.33. The minimum Gasteiger partial charge on any atom is -0.468 e. The van der Waals surface area contributed by atoms with Gasteiger partial charge in [0.25, 0.3) is 0 Å². The number of hydrogen-bond donors (Lipinski definition) is 1. The van der Waals surface area contributed by atoms with Crippen molar-refractivity contribution in [2.45, 2.75) is 31.6 Å². The van der Waals surface area contributed by atoms with Crippen LogP contribution in [0.2, 0.25) is 0 Å². The van der Waals surface area contributed by atoms with Crippen LogP contribution in [0.1, 0.15) is 18.6 Å². The van der Waals surface area contributed by atoms with Crippen LogP contribution in [0.25, 0.3) is 0 Å². The predicted molar refractivity (Wildman–Crippen MR) is 69.4 cm³/mol. The van der Waals surface area contributed by atoms with Gasteiger partial charge >= 0.3 is 0 Å². The fourth-order valence-electron chi connectivity index (χ4n) is 3.09. The van der Waals surface area contributed by atoms with Crippen LogP contribution >= 0.6 is 0 Å². The number of hydrogen-bond acceptors (Lipinski definition) is 4. The Balaban J connectivity index is 1.57. The third-order valence-electron chi connectivity index (χ3n) is 4.13. The lowest BCUT2D eigenvalue weighted by Gasteiger charge is -2.33. The zero-order chi connectivity index (χ0) is 13.2. The van der Waals surface area contributed by atoms with Crippen molar-refractivity contribution in [2.24, 2.45) is 5.92 Å². The monoisotopic (exact) mass is 264 g/mol. The van der Waals surface area contributed by atoms with Gasteiger partial charge in [-0.25, -0.2) is 0 Å². The molecule has 1 aromatic heterocycles. The zero-order valence-corrected chi connectivity index (χ0v) is 11.2. The van der Waals surface area contributed by atoms with Gasteiger partial charge in [0.15, 0.2) is 0 Å². The summed E-state index contributed by atoms with van der Waals surface area (Å²) < 4.78 is 11.3. The van der Waals surface area contributed by atoms with E-state index in [1.807, 2.05) is 12.1 Å². The summed E-state index contributed by atoms with van der Waals surface area (Å²) >= 11 is 0. The second kappa shape index (κ2) is 5.35. The number of furan rings is 1. The molecule has 5 nitrogen and oxygen atoms in total. The fourth-order valence-corrected chi connectivity index (χ4v) is 3.09. The SMILES string of the molecule is CNC(=O)[C@@H]1C[C@H]2CCN(Cc3ccco3)C[C@@H]2O1. The first-order chi connectivity index (χ1) is 9.26. The molecule has 0 unspecified atom stereocenters. The number of likely N-dealkylation sites (N-methyl/N-ethyl adjacent to an activating group) is 1. The van der Waals surface area contributed by atoms with E-state index in [1.165, 1.54) is 0 Å². The number of piperidine rings is 1. The molecule has 2 saturated heterocycles. The summed E-state index contributed by atoms with van der Waals surface area (Å²) in [5, 5.41) is 2.67. The van der Waals surface area contributed by atoms with E-state index in [-0.39, 0.29) is 18.1 Å². The van der Waals surface area contributed by atoms with E-state index in [9.17, 15) is 4.79 Å². The normalized spacial score (nSPS) is 31.1. The average molecular weight is 264 g/mol. The minimum atomic E-state index is -0.261. The molecule has 0 aromatic carbocycles. The molecule has 0 saturated carbocycles. The van der Waals surface area contributed by atoms with Gasteiger partial charge < -0.3 is 14.5 Å². The minimum absolute atomic E-state index is 0.00647. The Bertz CT molecular complexity index is 432. The van der Waals surface area contributed by atoms with Crippen molar-refractivity contribution in [1.29, 1.82) is 0 Å². The molecule has 3 atom stereocenters. The number of carbonyl (C=O) groups excluding carboxylic acids is 1. The lowest BCUT2D eigenvalue weighted by Crippen LogP contribution is -2.42. The molecule has 0 spiro atoms. The molecule has 3 rings (SSSR count). The standard InChI is InChI=1S/C14H20N2O3/c1-15-14(17)12-7-10-4-5-16(9-13(10)19-12)8-11-3-2-6-18-11/h2-3,6,10,12-13H,4-5,7-9H2,1H3,(H,15,17)/t10-,12+,13+/m1/s1. The number of fused-ring (bicyclic) bond motifs is 1. The van der Waals surface area contributed by atoms with E-state index in [0.29, 0.717) is 5.92 Å². The largest absolute Gasteiger partial charge is 0.468 e. The first-order valence-electron chi connectivity index (χ1n) is 6.88. The Hall–Kier alpha value is -1.33. The zero-order valence-electron chi connectivity index (χ0n) is 11.2. The van der Waals surface area contributed by atoms with Crippen molar-refractivity contribution >= 4 is 5.91 Å². The number of nitrogens with one attached hydrogen (secondary N) is 1. The number of likely N-dealkylation sites (tertiary alicyclic amines) is 1. The van der Waals surface area contributed by atoms with Gasteiger partial charge in [0.2, 0.25) is 5.91 Å². The highest BCUT2D eigenvalue weighted by Gasteiger charge is 2.41. The van der Waals surface area contributed by atoms with Gasteiger partial charge in [0.05, 0.1) is 18.9 Å². The number of nitrogens with zero attached hydrogens (tertiary/aromatic N) is 1. The molecule has 1 N–H and O–H groups in total. The van der Waals surface area contributed by atoms with Crippen molar-refractivity contribution in [3.05, 3.63) is 24.2 Å². The molecule has 2 aliphatic rings. The number of rotatable bonds is 3. The molecule has 1 amide bonds. The Morgan fingerprint density at radius 1 is 1.58 bits per heavy atom. The summed E-state index contributed by atoms with van der Waals surface area (Å²) in [5.74, 6) is 1.52. The molecule has 5 heteroatoms. The molecular formula is C14H20N2O3. The molecule has 0 aliphatic carbocycles. The van der Waals surface area contributed by atoms with E-state index >= 15 is 0 Å². The number of amides is 1. The summed E-state index contributed by atoms with van der Waals surface area (Å²) in [6.07, 6.45) is 3.59. The highest BCUT2D eigenvalue weighted by molar-refractivity contribution is 5.80. The van der Waals surface area contributed by atoms with E-state index < -0.39 is 0 Å². The molecule has 0 radical (unpaired) electrons. The summed E-state index contributed by atoms with van der Waals surface area (Å²) in [7, 11) is 1.66. The maximum absolute atomic E-state index is 11.6. The number of ether oxygens (including phenoxy) is 1. The molecule has 2 fully saturated rings. The molecule has 19 heavy (non-hydrogen) atoms. The Labute approximate surface area is 112 Å². The predicted octanol–water partition coefficient (Wildman–Crippen LogP) is 1.00. The van der Waals surface area contributed by atoms with Gasteiger partial charge in [-0.3, -0.25) is 9.69 Å². The Morgan fingerprint density at radius 3 is 3.21 bits per heavy atom. The van der Waals surface area contributed by atoms with Crippen LogP contribution in [0.4, 0.5) is 0 Å². The van der Waals surface area contributed by atoms with Gasteiger partial charge in [-0.1, -0.05) is 0 Å². The van der Waals surface area contributed by atoms with Crippen LogP contribution in [0, 0.1) is 5.92 Å². The van der Waals surface area contributed by atoms with Crippen molar-refractivity contribution < 1.29 is 13.9 Å². The topological polar surface area (TPSA) is 54.7 Å². The smallest absolute Gasteiger partial charge is 0.248 e. The second-order valence-electron chi connectivity index (χ2n) is 5.38. The first kappa shape index (κ1) is 12.7. The van der Waals surface area contributed by atoms with Crippen molar-refractivity contribution in [3.8, 4) is 0 Å². The van der Waals surface area contributed by atoms with Crippen LogP contribution in [0.3, 0.4) is 0 Å². The van der Waals surface area contributed by atoms with Crippen molar-refractivity contribution in [3.63, 3.8) is 0 Å². The lowest BCUT2D eigenvalue weighted by atomic mass is 9.91. The van der Waals surface area contributed by atoms with Crippen LogP contribution in [-0.4, -0.2) is 43.2 Å². The Morgan fingerprint density at radius 2 is 2.47 bits per heavy atom. The molecule has 104 valence electrons. The summed E-state index contributed by atoms with van der Waals surface area (Å²) in [4.78, 5) is 14.0. The third kappa shape index (κ3) is 2.67. The van der Waals surface area contributed by atoms with Gasteiger partial charge in [0, 0.05) is 13.6 Å². The third-order valence-corrected chi connectivity index (χ3v) is 4.13. The second-order valence-corrected chi connectivity index (χ2v) is 5.38. The summed E-state index contributed by atoms with van der Waals surface area (Å²) in [6, 6.07) is 3.91. The number of carbonyl (C=O) groups is 1. The van der Waals surface area contributed by atoms with Crippen LogP contribution in [-0.2, 0) is 16.1 Å². The van der Waals surface area contributed by atoms with Gasteiger partial charge in [-0.05, 0) is 37.4 Å². The lowest BCUT2D eigenvalue weighted by molar-refractivity contribution is -0.132. The molecule has 3 heterocycles. The molecular weight excluding hydrogens is 244 g/mol. The molecule has 0 bridgehead atoms. The van der Waals surface area contributed by atoms with Gasteiger partial charge in [-0.15, -0.1) is 0 Å². The maximum Gasteiger partial charge on any atom is 0.248 e. The van der Waals surface area contributed by atoms with Gasteiger partial charge in [0.1, 0.15) is 11.9 Å². The molecule has 1 aromatic rings. The van der Waals surface area contributed by atoms with E-state index in [4.69, 9.17) is 9.15 Å². The maximum atomic E-state index is 11.6. The van der Waals surface area contributed by atoms with Crippen molar-refractivity contribution in [1.82, 2.24) is 10.2 Å². The quantitative estimate of drug-likeness (QED) is 0.885. The average Bonchev–Trinajstić information content (AvgIpc) is 3.06. The summed E-state index contributed by atoms with van der Waals surface area (Å²) in [5.41, 5.74) is 0. The van der Waals surface area contributed by atoms with Gasteiger partial charge in [-0.2, -0.15) is 0 Å². The van der Waals surface area contributed by atoms with E-state index in [2.05, 4.69) is 10.2 Å². The van der Waals surface area contributed by atoms with E-state index in [1.54, 1.807) is 13.3 Å². The summed E-state index contributed by atoms with van der Waals surface area (Å²) in [6.45, 7) is 2.76. The first-order valence-corrected chi connectivity index (χ1v) is 6.88. The Kier molecular flexibility index (Phi) is 3.57. The van der Waals surface area contributed by atoms with Crippen molar-refractivity contribution in [2.75, 3.05) is 20.1 Å². The molecule has 2 aliphatic heterocycles. The van der Waals surface area contributed by atoms with Crippen LogP contribution in [0.5, 0.6) is 0 Å². The van der Waals surface area contributed by atoms with E-state index in [0.717, 1.165) is 38.2 Å². The van der Waals surface area contributed by atoms with Crippen LogP contribution in [0.15, 0.2) is 22.8 Å².